The van der Waals surface area contributed by atoms with Gasteiger partial charge in [0.05, 0.1) is 0 Å². The van der Waals surface area contributed by atoms with E-state index in [9.17, 15) is 4.79 Å². The predicted octanol–water partition coefficient (Wildman–Crippen LogP) is -1.20. The number of ether oxygens (including phenoxy) is 1. The van der Waals surface area contributed by atoms with Gasteiger partial charge in [-0.2, -0.15) is 0 Å². The summed E-state index contributed by atoms with van der Waals surface area (Å²) in [6, 6.07) is 0. The molecule has 0 atom stereocenters. The maximum atomic E-state index is 9.47. The second-order valence-electron chi connectivity index (χ2n) is 0.827. The van der Waals surface area contributed by atoms with Crippen molar-refractivity contribution >= 4 is 33.3 Å². The topological polar surface area (TPSA) is 46.5 Å². The van der Waals surface area contributed by atoms with Gasteiger partial charge in [0.2, 0.25) is 0 Å². The fraction of sp³-hybridized carbons (Fsp3) is 0.667. The zero-order valence-electron chi connectivity index (χ0n) is 4.18. The van der Waals surface area contributed by atoms with Crippen LogP contribution in [0.1, 0.15) is 0 Å². The molecule has 0 aliphatic rings. The van der Waals surface area contributed by atoms with Crippen LogP contribution in [0.2, 0.25) is 0 Å². The molecule has 2 radical (unpaired) electrons. The van der Waals surface area contributed by atoms with Crippen LogP contribution in [0.15, 0.2) is 0 Å². The second kappa shape index (κ2) is 6.35. The molecule has 1 N–H and O–H groups in total. The van der Waals surface area contributed by atoms with E-state index in [0.717, 1.165) is 0 Å². The van der Waals surface area contributed by atoms with E-state index in [4.69, 9.17) is 5.11 Å². The van der Waals surface area contributed by atoms with Crippen LogP contribution >= 0.6 is 0 Å². The van der Waals surface area contributed by atoms with Crippen molar-refractivity contribution in [3.05, 3.63) is 0 Å². The van der Waals surface area contributed by atoms with Gasteiger partial charge in [0.15, 0.2) is 0 Å². The Hall–Kier alpha value is 0.352. The first kappa shape index (κ1) is 10.4. The third-order valence-electron chi connectivity index (χ3n) is 0.268. The number of methoxy groups -OCH3 is 1. The molecule has 0 unspecified atom stereocenters. The molecule has 4 heteroatoms. The molecule has 3 nitrogen and oxygen atoms in total. The molecule has 0 bridgehead atoms. The van der Waals surface area contributed by atoms with E-state index in [2.05, 4.69) is 4.74 Å². The van der Waals surface area contributed by atoms with Gasteiger partial charge < -0.3 is 9.84 Å². The minimum absolute atomic E-state index is 0. The standard InChI is InChI=1S/C3H6O3.Pb.2H/c1-6-2-3(4)5;;;/h2H2,1H3,(H,4,5);;;. The number of hydrogen-bond acceptors (Lipinski definition) is 2. The normalized spacial score (nSPS) is 7.00. The van der Waals surface area contributed by atoms with E-state index >= 15 is 0 Å². The van der Waals surface area contributed by atoms with Gasteiger partial charge in [-0.1, -0.05) is 0 Å². The van der Waals surface area contributed by atoms with Crippen LogP contribution in [-0.2, 0) is 9.53 Å². The van der Waals surface area contributed by atoms with Gasteiger partial charge in [-0.25, -0.2) is 4.79 Å². The third kappa shape index (κ3) is 10.7. The quantitative estimate of drug-likeness (QED) is 0.652. The molecule has 0 saturated heterocycles. The number of aliphatic carboxylic acids is 1. The fourth-order valence-electron chi connectivity index (χ4n) is 0.123. The molecule has 0 amide bonds. The Kier molecular flexibility index (Phi) is 9.40. The molecule has 0 heterocycles. The van der Waals surface area contributed by atoms with E-state index < -0.39 is 5.97 Å². The first-order chi connectivity index (χ1) is 2.77. The zero-order chi connectivity index (χ0) is 4.99. The van der Waals surface area contributed by atoms with Crippen molar-refractivity contribution in [2.24, 2.45) is 0 Å². The van der Waals surface area contributed by atoms with Crippen molar-refractivity contribution in [2.75, 3.05) is 13.7 Å². The molecule has 7 heavy (non-hydrogen) atoms. The number of rotatable bonds is 2. The molecule has 0 spiro atoms. The molecule has 0 fully saturated rings. The molecule has 0 aliphatic heterocycles. The van der Waals surface area contributed by atoms with Crippen LogP contribution in [0, 0.1) is 0 Å². The maximum absolute atomic E-state index is 9.47. The van der Waals surface area contributed by atoms with Crippen LogP contribution in [-0.4, -0.2) is 52.1 Å². The number of carboxylic acid groups (broad SMARTS) is 1. The Balaban J connectivity index is 0. The van der Waals surface area contributed by atoms with Crippen LogP contribution in [0.25, 0.3) is 0 Å². The van der Waals surface area contributed by atoms with Gasteiger partial charge in [-0.3, -0.25) is 0 Å². The molecule has 0 aromatic carbocycles. The van der Waals surface area contributed by atoms with Crippen molar-refractivity contribution in [1.29, 1.82) is 0 Å². The summed E-state index contributed by atoms with van der Waals surface area (Å²) < 4.78 is 4.20. The average molecular weight is 299 g/mol. The molecular formula is C3H8O3Pb. The zero-order valence-corrected chi connectivity index (χ0v) is 9.68. The molecule has 0 rings (SSSR count). The summed E-state index contributed by atoms with van der Waals surface area (Å²) in [5.74, 6) is -0.933. The van der Waals surface area contributed by atoms with E-state index in [1.54, 1.807) is 0 Å². The minimum atomic E-state index is -0.933. The fourth-order valence-corrected chi connectivity index (χ4v) is 0.123. The third-order valence-corrected chi connectivity index (χ3v) is 0.268. The summed E-state index contributed by atoms with van der Waals surface area (Å²) in [6.45, 7) is -0.208. The Morgan fingerprint density at radius 1 is 1.86 bits per heavy atom. The molecule has 0 saturated carbocycles. The van der Waals surface area contributed by atoms with Crippen LogP contribution in [0.4, 0.5) is 0 Å². The Morgan fingerprint density at radius 2 is 2.29 bits per heavy atom. The second-order valence-corrected chi connectivity index (χ2v) is 0.827. The molecule has 0 aromatic rings. The van der Waals surface area contributed by atoms with Crippen molar-refractivity contribution in [2.45, 2.75) is 0 Å². The summed E-state index contributed by atoms with van der Waals surface area (Å²) in [6.07, 6.45) is 0. The van der Waals surface area contributed by atoms with Crippen molar-refractivity contribution in [3.8, 4) is 0 Å². The molecule has 42 valence electrons. The Labute approximate surface area is 61.8 Å². The Morgan fingerprint density at radius 3 is 2.29 bits per heavy atom. The predicted molar refractivity (Wildman–Crippen MR) is 28.1 cm³/mol. The van der Waals surface area contributed by atoms with Gasteiger partial charge in [0.1, 0.15) is 6.61 Å². The van der Waals surface area contributed by atoms with E-state index in [-0.39, 0.29) is 33.9 Å². The summed E-state index contributed by atoms with van der Waals surface area (Å²) in [5.41, 5.74) is 0. The summed E-state index contributed by atoms with van der Waals surface area (Å²) in [4.78, 5) is 9.47. The SMILES string of the molecule is COCC(=O)O.[PbH2]. The van der Waals surface area contributed by atoms with Gasteiger partial charge in [-0.05, 0) is 0 Å². The van der Waals surface area contributed by atoms with Gasteiger partial charge in [0, 0.05) is 7.11 Å². The van der Waals surface area contributed by atoms with Crippen LogP contribution in [0.5, 0.6) is 0 Å². The van der Waals surface area contributed by atoms with Gasteiger partial charge in [-0.15, -0.1) is 0 Å². The molecular weight excluding hydrogens is 291 g/mol. The monoisotopic (exact) mass is 300 g/mol. The van der Waals surface area contributed by atoms with Crippen LogP contribution < -0.4 is 0 Å². The first-order valence-corrected chi connectivity index (χ1v) is 1.48. The van der Waals surface area contributed by atoms with Crippen molar-refractivity contribution in [1.82, 2.24) is 0 Å². The van der Waals surface area contributed by atoms with Gasteiger partial charge >= 0.3 is 33.3 Å². The summed E-state index contributed by atoms with van der Waals surface area (Å²) in [5, 5.41) is 7.79. The van der Waals surface area contributed by atoms with E-state index in [0.29, 0.717) is 0 Å². The summed E-state index contributed by atoms with van der Waals surface area (Å²) >= 11 is 0. The number of hydrogen-bond donors (Lipinski definition) is 1. The van der Waals surface area contributed by atoms with E-state index in [1.165, 1.54) is 7.11 Å². The van der Waals surface area contributed by atoms with Crippen molar-refractivity contribution in [3.63, 3.8) is 0 Å². The molecule has 0 aromatic heterocycles. The number of carbonyl (C=O) groups is 1. The van der Waals surface area contributed by atoms with Crippen molar-refractivity contribution < 1.29 is 14.6 Å². The molecule has 0 aliphatic carbocycles. The van der Waals surface area contributed by atoms with Gasteiger partial charge in [0.25, 0.3) is 0 Å². The number of carboxylic acids is 1. The first-order valence-electron chi connectivity index (χ1n) is 1.48. The average Bonchev–Trinajstić information content (AvgIpc) is 1.35. The van der Waals surface area contributed by atoms with Crippen LogP contribution in [0.3, 0.4) is 0 Å². The summed E-state index contributed by atoms with van der Waals surface area (Å²) in [7, 11) is 1.34. The Bertz CT molecular complexity index is 54.1. The van der Waals surface area contributed by atoms with E-state index in [1.807, 2.05) is 0 Å².